The quantitative estimate of drug-likeness (QED) is 0.810. The second-order valence-electron chi connectivity index (χ2n) is 6.12. The Bertz CT molecular complexity index is 270. The van der Waals surface area contributed by atoms with Crippen LogP contribution in [0.3, 0.4) is 0 Å². The predicted molar refractivity (Wildman–Crippen MR) is 66.8 cm³/mol. The zero-order chi connectivity index (χ0) is 13.2. The highest BCUT2D eigenvalue weighted by Gasteiger charge is 2.37. The highest BCUT2D eigenvalue weighted by Crippen LogP contribution is 2.25. The maximum atomic E-state index is 12.0. The van der Waals surface area contributed by atoms with Crippen LogP contribution in [0.5, 0.6) is 0 Å². The van der Waals surface area contributed by atoms with Gasteiger partial charge in [-0.1, -0.05) is 13.8 Å². The number of aliphatic hydroxyl groups is 1. The van der Waals surface area contributed by atoms with Gasteiger partial charge in [-0.05, 0) is 39.5 Å². The molecule has 0 aromatic rings. The summed E-state index contributed by atoms with van der Waals surface area (Å²) in [6, 6.07) is -0.0927. The average Bonchev–Trinajstić information content (AvgIpc) is 2.61. The van der Waals surface area contributed by atoms with Crippen molar-refractivity contribution in [2.45, 2.75) is 65.2 Å². The van der Waals surface area contributed by atoms with Crippen LogP contribution >= 0.6 is 0 Å². The Balaban J connectivity index is 2.66. The van der Waals surface area contributed by atoms with Crippen molar-refractivity contribution in [3.05, 3.63) is 0 Å². The Kier molecular flexibility index (Phi) is 4.42. The van der Waals surface area contributed by atoms with Crippen molar-refractivity contribution in [2.75, 3.05) is 6.54 Å². The molecule has 1 saturated heterocycles. The third-order valence-corrected chi connectivity index (χ3v) is 3.00. The molecule has 1 aliphatic heterocycles. The summed E-state index contributed by atoms with van der Waals surface area (Å²) in [4.78, 5) is 13.7. The van der Waals surface area contributed by atoms with Crippen LogP contribution in [-0.2, 0) is 4.74 Å². The first-order chi connectivity index (χ1) is 7.72. The molecular weight excluding hydrogens is 218 g/mol. The standard InChI is InChI=1S/C13H25NO3/c1-9(2)11(15)10-7-6-8-14(10)12(16)17-13(3,4)5/h9-11,15H,6-8H2,1-5H3. The lowest BCUT2D eigenvalue weighted by Gasteiger charge is -2.32. The molecule has 1 fully saturated rings. The number of hydrogen-bond donors (Lipinski definition) is 1. The van der Waals surface area contributed by atoms with E-state index < -0.39 is 11.7 Å². The molecule has 2 atom stereocenters. The predicted octanol–water partition coefficient (Wildman–Crippen LogP) is 2.40. The van der Waals surface area contributed by atoms with Crippen LogP contribution in [0.15, 0.2) is 0 Å². The fraction of sp³-hybridized carbons (Fsp3) is 0.923. The molecule has 1 rings (SSSR count). The van der Waals surface area contributed by atoms with Gasteiger partial charge < -0.3 is 14.7 Å². The van der Waals surface area contributed by atoms with E-state index in [1.165, 1.54) is 0 Å². The second-order valence-corrected chi connectivity index (χ2v) is 6.12. The highest BCUT2D eigenvalue weighted by molar-refractivity contribution is 5.69. The van der Waals surface area contributed by atoms with E-state index >= 15 is 0 Å². The van der Waals surface area contributed by atoms with Gasteiger partial charge in [-0.3, -0.25) is 0 Å². The van der Waals surface area contributed by atoms with E-state index in [1.807, 2.05) is 34.6 Å². The van der Waals surface area contributed by atoms with Gasteiger partial charge in [0.15, 0.2) is 0 Å². The molecule has 1 aliphatic rings. The van der Waals surface area contributed by atoms with Gasteiger partial charge >= 0.3 is 6.09 Å². The molecular formula is C13H25NO3. The molecule has 4 heteroatoms. The molecule has 1 N–H and O–H groups in total. The third kappa shape index (κ3) is 3.87. The van der Waals surface area contributed by atoms with Crippen molar-refractivity contribution in [1.29, 1.82) is 0 Å². The Labute approximate surface area is 104 Å². The monoisotopic (exact) mass is 243 g/mol. The molecule has 0 aromatic carbocycles. The molecule has 1 heterocycles. The van der Waals surface area contributed by atoms with Crippen LogP contribution in [0.1, 0.15) is 47.5 Å². The maximum Gasteiger partial charge on any atom is 0.410 e. The first kappa shape index (κ1) is 14.3. The third-order valence-electron chi connectivity index (χ3n) is 3.00. The Morgan fingerprint density at radius 3 is 2.47 bits per heavy atom. The molecule has 100 valence electrons. The molecule has 0 bridgehead atoms. The highest BCUT2D eigenvalue weighted by atomic mass is 16.6. The zero-order valence-corrected chi connectivity index (χ0v) is 11.6. The number of hydrogen-bond acceptors (Lipinski definition) is 3. The van der Waals surface area contributed by atoms with Gasteiger partial charge in [-0.15, -0.1) is 0 Å². The fourth-order valence-corrected chi connectivity index (χ4v) is 2.14. The number of carbonyl (C=O) groups excluding carboxylic acids is 1. The van der Waals surface area contributed by atoms with Gasteiger partial charge in [0.2, 0.25) is 0 Å². The summed E-state index contributed by atoms with van der Waals surface area (Å²) in [6.07, 6.45) is 1.02. The van der Waals surface area contributed by atoms with Crippen molar-refractivity contribution in [3.63, 3.8) is 0 Å². The van der Waals surface area contributed by atoms with E-state index in [0.717, 1.165) is 12.8 Å². The van der Waals surface area contributed by atoms with E-state index in [4.69, 9.17) is 4.74 Å². The minimum Gasteiger partial charge on any atom is -0.444 e. The van der Waals surface area contributed by atoms with Gasteiger partial charge in [0, 0.05) is 6.54 Å². The molecule has 0 saturated carbocycles. The van der Waals surface area contributed by atoms with Gasteiger partial charge in [0.25, 0.3) is 0 Å². The van der Waals surface area contributed by atoms with E-state index in [9.17, 15) is 9.90 Å². The number of nitrogens with zero attached hydrogens (tertiary/aromatic N) is 1. The van der Waals surface area contributed by atoms with Crippen LogP contribution < -0.4 is 0 Å². The normalized spacial score (nSPS) is 23.0. The van der Waals surface area contributed by atoms with Gasteiger partial charge in [-0.25, -0.2) is 4.79 Å². The Morgan fingerprint density at radius 2 is 2.00 bits per heavy atom. The lowest BCUT2D eigenvalue weighted by Crippen LogP contribution is -2.46. The summed E-state index contributed by atoms with van der Waals surface area (Å²) in [6.45, 7) is 10.2. The minimum atomic E-state index is -0.479. The minimum absolute atomic E-state index is 0.0927. The molecule has 0 spiro atoms. The molecule has 0 aromatic heterocycles. The van der Waals surface area contributed by atoms with Crippen molar-refractivity contribution in [3.8, 4) is 0 Å². The van der Waals surface area contributed by atoms with Crippen molar-refractivity contribution >= 4 is 6.09 Å². The topological polar surface area (TPSA) is 49.8 Å². The lowest BCUT2D eigenvalue weighted by molar-refractivity contribution is -0.00355. The summed E-state index contributed by atoms with van der Waals surface area (Å²) < 4.78 is 5.36. The number of ether oxygens (including phenoxy) is 1. The van der Waals surface area contributed by atoms with Crippen LogP contribution in [0, 0.1) is 5.92 Å². The lowest BCUT2D eigenvalue weighted by atomic mass is 9.98. The van der Waals surface area contributed by atoms with Crippen molar-refractivity contribution < 1.29 is 14.6 Å². The summed E-state index contributed by atoms with van der Waals surface area (Å²) in [5, 5.41) is 10.1. The van der Waals surface area contributed by atoms with E-state index in [2.05, 4.69) is 0 Å². The number of amides is 1. The number of aliphatic hydroxyl groups excluding tert-OH is 1. The fourth-order valence-electron chi connectivity index (χ4n) is 2.14. The number of rotatable bonds is 2. The second kappa shape index (κ2) is 5.25. The smallest absolute Gasteiger partial charge is 0.410 e. The van der Waals surface area contributed by atoms with Crippen molar-refractivity contribution in [2.24, 2.45) is 5.92 Å². The molecule has 1 amide bonds. The van der Waals surface area contributed by atoms with E-state index in [-0.39, 0.29) is 18.1 Å². The molecule has 4 nitrogen and oxygen atoms in total. The van der Waals surface area contributed by atoms with Gasteiger partial charge in [0.05, 0.1) is 12.1 Å². The van der Waals surface area contributed by atoms with Gasteiger partial charge in [-0.2, -0.15) is 0 Å². The molecule has 2 unspecified atom stereocenters. The summed E-state index contributed by atoms with van der Waals surface area (Å²) in [5.74, 6) is 0.156. The Morgan fingerprint density at radius 1 is 1.41 bits per heavy atom. The van der Waals surface area contributed by atoms with Crippen LogP contribution in [0.4, 0.5) is 4.79 Å². The first-order valence-electron chi connectivity index (χ1n) is 6.40. The summed E-state index contributed by atoms with van der Waals surface area (Å²) in [7, 11) is 0. The largest absolute Gasteiger partial charge is 0.444 e. The molecule has 17 heavy (non-hydrogen) atoms. The van der Waals surface area contributed by atoms with Crippen LogP contribution in [-0.4, -0.2) is 40.4 Å². The van der Waals surface area contributed by atoms with Crippen molar-refractivity contribution in [1.82, 2.24) is 4.90 Å². The van der Waals surface area contributed by atoms with E-state index in [1.54, 1.807) is 4.90 Å². The molecule has 0 aliphatic carbocycles. The Hall–Kier alpha value is -0.770. The molecule has 0 radical (unpaired) electrons. The van der Waals surface area contributed by atoms with Gasteiger partial charge in [0.1, 0.15) is 5.60 Å². The maximum absolute atomic E-state index is 12.0. The van der Waals surface area contributed by atoms with E-state index in [0.29, 0.717) is 6.54 Å². The van der Waals surface area contributed by atoms with Crippen LogP contribution in [0.25, 0.3) is 0 Å². The first-order valence-corrected chi connectivity index (χ1v) is 6.40. The average molecular weight is 243 g/mol. The SMILES string of the molecule is CC(C)C(O)C1CCCN1C(=O)OC(C)(C)C. The number of likely N-dealkylation sites (tertiary alicyclic amines) is 1. The number of carbonyl (C=O) groups is 1. The van der Waals surface area contributed by atoms with Crippen LogP contribution in [0.2, 0.25) is 0 Å². The summed E-state index contributed by atoms with van der Waals surface area (Å²) >= 11 is 0. The summed E-state index contributed by atoms with van der Waals surface area (Å²) in [5.41, 5.74) is -0.479. The zero-order valence-electron chi connectivity index (χ0n) is 11.6.